The molecule has 0 fully saturated rings. The first kappa shape index (κ1) is 17.7. The minimum Gasteiger partial charge on any atom is -0.334 e. The Morgan fingerprint density at radius 3 is 2.50 bits per heavy atom. The molecular weight excluding hydrogens is 326 g/mol. The Kier molecular flexibility index (Phi) is 5.31. The predicted octanol–water partition coefficient (Wildman–Crippen LogP) is 2.58. The Morgan fingerprint density at radius 1 is 1.12 bits per heavy atom. The van der Waals surface area contributed by atoms with Gasteiger partial charge in [-0.3, -0.25) is 14.2 Å². The number of rotatable bonds is 7. The number of amides is 1. The molecule has 0 aliphatic rings. The quantitative estimate of drug-likeness (QED) is 0.616. The van der Waals surface area contributed by atoms with Crippen LogP contribution >= 0.6 is 0 Å². The van der Waals surface area contributed by atoms with Gasteiger partial charge in [-0.05, 0) is 23.8 Å². The van der Waals surface area contributed by atoms with Crippen molar-refractivity contribution in [2.45, 2.75) is 13.0 Å². The molecule has 0 spiro atoms. The zero-order valence-corrected chi connectivity index (χ0v) is 15.2. The van der Waals surface area contributed by atoms with Crippen LogP contribution in [-0.2, 0) is 31.9 Å². The fourth-order valence-electron chi connectivity index (χ4n) is 3.04. The smallest absolute Gasteiger partial charge is 0.246 e. The van der Waals surface area contributed by atoms with E-state index in [-0.39, 0.29) is 5.91 Å². The molecular formula is C20H23N5O. The number of hydrogen-bond donors (Lipinski definition) is 0. The maximum absolute atomic E-state index is 12.4. The molecule has 0 N–H and O–H groups in total. The van der Waals surface area contributed by atoms with E-state index in [2.05, 4.69) is 28.9 Å². The topological polar surface area (TPSA) is 56.0 Å². The summed E-state index contributed by atoms with van der Waals surface area (Å²) in [5.74, 6) is -0.0769. The molecule has 0 radical (unpaired) electrons. The molecule has 0 saturated carbocycles. The highest BCUT2D eigenvalue weighted by atomic mass is 16.2. The van der Waals surface area contributed by atoms with E-state index in [1.54, 1.807) is 12.4 Å². The molecule has 134 valence electrons. The Hall–Kier alpha value is -3.15. The molecule has 0 aliphatic carbocycles. The second-order valence-corrected chi connectivity index (χ2v) is 6.16. The van der Waals surface area contributed by atoms with Crippen molar-refractivity contribution < 1.29 is 4.79 Å². The monoisotopic (exact) mass is 349 g/mol. The highest BCUT2D eigenvalue weighted by molar-refractivity contribution is 5.87. The number of hydrogen-bond acceptors (Lipinski definition) is 3. The summed E-state index contributed by atoms with van der Waals surface area (Å²) in [7, 11) is 3.83. The molecule has 0 unspecified atom stereocenters. The van der Waals surface area contributed by atoms with Crippen LogP contribution in [0.15, 0.2) is 61.4 Å². The molecule has 0 bridgehead atoms. The first-order valence-electron chi connectivity index (χ1n) is 8.54. The van der Waals surface area contributed by atoms with Crippen LogP contribution < -0.4 is 0 Å². The van der Waals surface area contributed by atoms with Crippen LogP contribution in [0.5, 0.6) is 0 Å². The van der Waals surface area contributed by atoms with Crippen LogP contribution in [0.4, 0.5) is 0 Å². The number of carbonyl (C=O) groups excluding carboxylic acids is 1. The van der Waals surface area contributed by atoms with Crippen LogP contribution in [-0.4, -0.2) is 36.9 Å². The van der Waals surface area contributed by atoms with Gasteiger partial charge in [0.1, 0.15) is 0 Å². The second-order valence-electron chi connectivity index (χ2n) is 6.16. The van der Waals surface area contributed by atoms with Crippen molar-refractivity contribution in [1.29, 1.82) is 0 Å². The molecule has 3 aromatic rings. The summed E-state index contributed by atoms with van der Waals surface area (Å²) in [4.78, 5) is 14.2. The zero-order chi connectivity index (χ0) is 18.5. The first-order valence-corrected chi connectivity index (χ1v) is 8.54. The van der Waals surface area contributed by atoms with Gasteiger partial charge in [0.25, 0.3) is 0 Å². The number of carbonyl (C=O) groups is 1. The first-order chi connectivity index (χ1) is 12.6. The van der Waals surface area contributed by atoms with E-state index in [4.69, 9.17) is 0 Å². The summed E-state index contributed by atoms with van der Waals surface area (Å²) in [5, 5.41) is 8.44. The summed E-state index contributed by atoms with van der Waals surface area (Å²) in [5.41, 5.74) is 4.27. The Bertz CT molecular complexity index is 908. The average Bonchev–Trinajstić information content (AvgIpc) is 3.26. The minimum absolute atomic E-state index is 0.0769. The average molecular weight is 349 g/mol. The second kappa shape index (κ2) is 7.82. The van der Waals surface area contributed by atoms with E-state index in [0.29, 0.717) is 13.1 Å². The molecule has 2 aromatic heterocycles. The van der Waals surface area contributed by atoms with Gasteiger partial charge in [-0.1, -0.05) is 30.8 Å². The third-order valence-corrected chi connectivity index (χ3v) is 4.52. The number of benzene rings is 1. The third kappa shape index (κ3) is 3.74. The Balaban J connectivity index is 1.83. The van der Waals surface area contributed by atoms with Gasteiger partial charge in [0.05, 0.1) is 5.69 Å². The maximum Gasteiger partial charge on any atom is 0.246 e. The molecule has 6 nitrogen and oxygen atoms in total. The van der Waals surface area contributed by atoms with Crippen molar-refractivity contribution in [3.8, 4) is 11.3 Å². The lowest BCUT2D eigenvalue weighted by Crippen LogP contribution is -2.31. The van der Waals surface area contributed by atoms with Gasteiger partial charge in [-0.15, -0.1) is 0 Å². The fourth-order valence-corrected chi connectivity index (χ4v) is 3.04. The van der Waals surface area contributed by atoms with Crippen LogP contribution in [0.25, 0.3) is 11.3 Å². The van der Waals surface area contributed by atoms with Crippen molar-refractivity contribution >= 4 is 5.91 Å². The molecule has 1 aromatic carbocycles. The minimum atomic E-state index is -0.0769. The van der Waals surface area contributed by atoms with Crippen molar-refractivity contribution in [2.75, 3.05) is 6.54 Å². The predicted molar refractivity (Wildman–Crippen MR) is 101 cm³/mol. The Morgan fingerprint density at radius 2 is 1.85 bits per heavy atom. The van der Waals surface area contributed by atoms with E-state index in [1.165, 1.54) is 6.08 Å². The molecule has 3 rings (SSSR count). The van der Waals surface area contributed by atoms with Crippen LogP contribution in [0, 0.1) is 0 Å². The largest absolute Gasteiger partial charge is 0.334 e. The molecule has 26 heavy (non-hydrogen) atoms. The van der Waals surface area contributed by atoms with Crippen LogP contribution in [0.1, 0.15) is 11.3 Å². The van der Waals surface area contributed by atoms with Gasteiger partial charge in [-0.2, -0.15) is 10.2 Å². The van der Waals surface area contributed by atoms with Gasteiger partial charge in [0, 0.05) is 57.3 Å². The highest BCUT2D eigenvalue weighted by Gasteiger charge is 2.15. The van der Waals surface area contributed by atoms with Crippen molar-refractivity contribution in [1.82, 2.24) is 24.5 Å². The summed E-state index contributed by atoms with van der Waals surface area (Å²) in [6, 6.07) is 12.1. The van der Waals surface area contributed by atoms with Gasteiger partial charge in [0.2, 0.25) is 5.91 Å². The molecule has 0 aliphatic heterocycles. The fraction of sp³-hybridized carbons (Fsp3) is 0.250. The number of nitrogens with zero attached hydrogens (tertiary/aromatic N) is 5. The normalized spacial score (nSPS) is 10.7. The molecule has 2 heterocycles. The number of aryl methyl sites for hydroxylation is 2. The lowest BCUT2D eigenvalue weighted by Gasteiger charge is -2.23. The molecule has 0 saturated heterocycles. The third-order valence-electron chi connectivity index (χ3n) is 4.52. The maximum atomic E-state index is 12.4. The van der Waals surface area contributed by atoms with Gasteiger partial charge >= 0.3 is 0 Å². The number of aromatic nitrogens is 4. The van der Waals surface area contributed by atoms with Gasteiger partial charge in [-0.25, -0.2) is 0 Å². The molecule has 6 heteroatoms. The van der Waals surface area contributed by atoms with Crippen molar-refractivity contribution in [3.63, 3.8) is 0 Å². The molecule has 1 amide bonds. The van der Waals surface area contributed by atoms with Gasteiger partial charge < -0.3 is 4.90 Å². The van der Waals surface area contributed by atoms with E-state index < -0.39 is 0 Å². The van der Waals surface area contributed by atoms with E-state index in [1.807, 2.05) is 52.6 Å². The van der Waals surface area contributed by atoms with Crippen LogP contribution in [0.2, 0.25) is 0 Å². The van der Waals surface area contributed by atoms with Crippen LogP contribution in [0.3, 0.4) is 0 Å². The summed E-state index contributed by atoms with van der Waals surface area (Å²) >= 11 is 0. The lowest BCUT2D eigenvalue weighted by atomic mass is 10.0. The van der Waals surface area contributed by atoms with Crippen molar-refractivity contribution in [3.05, 3.63) is 72.7 Å². The summed E-state index contributed by atoms with van der Waals surface area (Å²) in [6.07, 6.45) is 5.66. The van der Waals surface area contributed by atoms with Gasteiger partial charge in [0.15, 0.2) is 0 Å². The molecule has 0 atom stereocenters. The van der Waals surface area contributed by atoms with E-state index >= 15 is 0 Å². The summed E-state index contributed by atoms with van der Waals surface area (Å²) < 4.78 is 3.67. The standard InChI is InChI=1S/C20H23N5O/c1-4-20(26)25(14-11-17-9-12-21-23(17)2)15-16-7-5-6-8-18(16)19-10-13-22-24(19)3/h4-10,12-13H,1,11,14-15H2,2-3H3. The lowest BCUT2D eigenvalue weighted by molar-refractivity contribution is -0.126. The van der Waals surface area contributed by atoms with E-state index in [9.17, 15) is 4.79 Å². The van der Waals surface area contributed by atoms with Crippen molar-refractivity contribution in [2.24, 2.45) is 14.1 Å². The Labute approximate surface area is 153 Å². The highest BCUT2D eigenvalue weighted by Crippen LogP contribution is 2.24. The van der Waals surface area contributed by atoms with E-state index in [0.717, 1.165) is 28.9 Å². The SMILES string of the molecule is C=CC(=O)N(CCc1ccnn1C)Cc1ccccc1-c1ccnn1C. The zero-order valence-electron chi connectivity index (χ0n) is 15.2. The summed E-state index contributed by atoms with van der Waals surface area (Å²) in [6.45, 7) is 4.77.